The third kappa shape index (κ3) is 6.49. The summed E-state index contributed by atoms with van der Waals surface area (Å²) in [5.74, 6) is -0.663. The van der Waals surface area contributed by atoms with Gasteiger partial charge in [-0.15, -0.1) is 0 Å². The molecule has 0 atom stereocenters. The number of nitrogens with one attached hydrogen (secondary N) is 1. The number of rotatable bonds is 7. The van der Waals surface area contributed by atoms with E-state index >= 15 is 0 Å². The lowest BCUT2D eigenvalue weighted by molar-refractivity contribution is 0.0627. The molecule has 4 aromatic rings. The van der Waals surface area contributed by atoms with Crippen LogP contribution in [0.1, 0.15) is 37.5 Å². The summed E-state index contributed by atoms with van der Waals surface area (Å²) in [7, 11) is 0. The van der Waals surface area contributed by atoms with Crippen LogP contribution in [0.25, 0.3) is 0 Å². The van der Waals surface area contributed by atoms with E-state index < -0.39 is 0 Å². The van der Waals surface area contributed by atoms with Crippen molar-refractivity contribution in [1.82, 2.24) is 14.8 Å². The number of anilines is 1. The van der Waals surface area contributed by atoms with Gasteiger partial charge in [0.1, 0.15) is 11.5 Å². The third-order valence-corrected chi connectivity index (χ3v) is 6.68. The van der Waals surface area contributed by atoms with Crippen LogP contribution in [-0.4, -0.2) is 52.8 Å². The van der Waals surface area contributed by atoms with Crippen molar-refractivity contribution in [2.24, 2.45) is 0 Å². The van der Waals surface area contributed by atoms with Gasteiger partial charge in [0.25, 0.3) is 11.8 Å². The van der Waals surface area contributed by atoms with Gasteiger partial charge in [-0.2, -0.15) is 0 Å². The summed E-state index contributed by atoms with van der Waals surface area (Å²) >= 11 is 0. The zero-order valence-electron chi connectivity index (χ0n) is 21.0. The molecule has 0 saturated carbocycles. The largest absolute Gasteiger partial charge is 0.336 e. The second-order valence-electron chi connectivity index (χ2n) is 9.44. The van der Waals surface area contributed by atoms with Crippen molar-refractivity contribution >= 4 is 17.5 Å². The number of amides is 2. The van der Waals surface area contributed by atoms with Crippen molar-refractivity contribution in [1.29, 1.82) is 0 Å². The van der Waals surface area contributed by atoms with Gasteiger partial charge in [-0.3, -0.25) is 19.5 Å². The molecule has 0 spiro atoms. The highest BCUT2D eigenvalue weighted by Crippen LogP contribution is 2.16. The predicted octanol–water partition coefficient (Wildman–Crippen LogP) is 5.02. The molecule has 0 aliphatic carbocycles. The molecule has 5 rings (SSSR count). The minimum atomic E-state index is -0.325. The van der Waals surface area contributed by atoms with Gasteiger partial charge >= 0.3 is 0 Å². The van der Waals surface area contributed by atoms with Gasteiger partial charge in [-0.25, -0.2) is 4.39 Å². The van der Waals surface area contributed by atoms with Crippen LogP contribution in [0.5, 0.6) is 0 Å². The van der Waals surface area contributed by atoms with Crippen molar-refractivity contribution < 1.29 is 14.0 Å². The van der Waals surface area contributed by atoms with E-state index in [4.69, 9.17) is 0 Å². The van der Waals surface area contributed by atoms with Crippen LogP contribution in [-0.2, 0) is 13.0 Å². The van der Waals surface area contributed by atoms with Gasteiger partial charge in [0.15, 0.2) is 0 Å². The van der Waals surface area contributed by atoms with Crippen LogP contribution in [0, 0.1) is 5.82 Å². The Morgan fingerprint density at radius 2 is 1.42 bits per heavy atom. The molecule has 6 nitrogen and oxygen atoms in total. The molecule has 192 valence electrons. The Hall–Kier alpha value is -4.36. The van der Waals surface area contributed by atoms with Crippen molar-refractivity contribution in [3.63, 3.8) is 0 Å². The van der Waals surface area contributed by atoms with Crippen LogP contribution < -0.4 is 5.32 Å². The van der Waals surface area contributed by atoms with E-state index in [0.29, 0.717) is 24.3 Å². The number of hydrogen-bond donors (Lipinski definition) is 1. The second-order valence-corrected chi connectivity index (χ2v) is 9.44. The maximum atomic E-state index is 13.1. The fourth-order valence-corrected chi connectivity index (χ4v) is 4.53. The predicted molar refractivity (Wildman–Crippen MR) is 145 cm³/mol. The number of carbonyl (C=O) groups excluding carboxylic acids is 2. The highest BCUT2D eigenvalue weighted by Gasteiger charge is 2.23. The van der Waals surface area contributed by atoms with E-state index in [9.17, 15) is 14.0 Å². The second kappa shape index (κ2) is 11.8. The lowest BCUT2D eigenvalue weighted by atomic mass is 10.0. The van der Waals surface area contributed by atoms with E-state index in [2.05, 4.69) is 27.3 Å². The highest BCUT2D eigenvalue weighted by atomic mass is 19.1. The molecule has 7 heteroatoms. The zero-order valence-corrected chi connectivity index (χ0v) is 21.0. The first-order valence-electron chi connectivity index (χ1n) is 12.7. The van der Waals surface area contributed by atoms with Gasteiger partial charge in [-0.05, 0) is 59.5 Å². The van der Waals surface area contributed by atoms with Crippen molar-refractivity contribution in [2.75, 3.05) is 31.5 Å². The Labute approximate surface area is 221 Å². The third-order valence-electron chi connectivity index (χ3n) is 6.68. The normalized spacial score (nSPS) is 13.8. The van der Waals surface area contributed by atoms with Gasteiger partial charge < -0.3 is 10.2 Å². The monoisotopic (exact) mass is 508 g/mol. The van der Waals surface area contributed by atoms with Crippen LogP contribution in [0.2, 0.25) is 0 Å². The van der Waals surface area contributed by atoms with Crippen molar-refractivity contribution in [3.05, 3.63) is 131 Å². The first kappa shape index (κ1) is 25.3. The number of hydrogen-bond acceptors (Lipinski definition) is 4. The summed E-state index contributed by atoms with van der Waals surface area (Å²) in [5.41, 5.74) is 4.83. The van der Waals surface area contributed by atoms with E-state index in [1.165, 1.54) is 23.9 Å². The summed E-state index contributed by atoms with van der Waals surface area (Å²) in [5, 5.41) is 2.87. The number of carbonyl (C=O) groups is 2. The van der Waals surface area contributed by atoms with E-state index in [1.807, 2.05) is 42.5 Å². The van der Waals surface area contributed by atoms with Gasteiger partial charge in [0.05, 0.1) is 5.56 Å². The van der Waals surface area contributed by atoms with Gasteiger partial charge in [-0.1, -0.05) is 54.6 Å². The summed E-state index contributed by atoms with van der Waals surface area (Å²) in [6.45, 7) is 3.40. The SMILES string of the molecule is O=C(Nc1ccc(Cc2ccccc2)cc1)c1ccc(C(=O)N2CCN(Cc3ccc(F)cc3)CC2)cn1. The quantitative estimate of drug-likeness (QED) is 0.381. The molecule has 0 bridgehead atoms. The molecule has 0 radical (unpaired) electrons. The molecular formula is C31H29FN4O2. The fraction of sp³-hybridized carbons (Fsp3) is 0.194. The summed E-state index contributed by atoms with van der Waals surface area (Å²) in [6.07, 6.45) is 2.29. The first-order valence-corrected chi connectivity index (χ1v) is 12.7. The molecular weight excluding hydrogens is 479 g/mol. The molecule has 1 aliphatic heterocycles. The van der Waals surface area contributed by atoms with Gasteiger partial charge in [0, 0.05) is 44.6 Å². The molecule has 0 unspecified atom stereocenters. The molecule has 2 heterocycles. The minimum Gasteiger partial charge on any atom is -0.336 e. The minimum absolute atomic E-state index is 0.0973. The maximum absolute atomic E-state index is 13.1. The van der Waals surface area contributed by atoms with Crippen LogP contribution in [0.15, 0.2) is 97.2 Å². The average Bonchev–Trinajstić information content (AvgIpc) is 2.96. The summed E-state index contributed by atoms with van der Waals surface area (Å²) in [6, 6.07) is 27.7. The molecule has 38 heavy (non-hydrogen) atoms. The number of halogens is 1. The maximum Gasteiger partial charge on any atom is 0.274 e. The Balaban J connectivity index is 1.11. The first-order chi connectivity index (χ1) is 18.5. The molecule has 1 aromatic heterocycles. The Morgan fingerprint density at radius 3 is 2.08 bits per heavy atom. The molecule has 3 aromatic carbocycles. The number of piperazine rings is 1. The van der Waals surface area contributed by atoms with Crippen LogP contribution in [0.3, 0.4) is 0 Å². The number of nitrogens with zero attached hydrogens (tertiary/aromatic N) is 3. The van der Waals surface area contributed by atoms with Crippen molar-refractivity contribution in [3.8, 4) is 0 Å². The van der Waals surface area contributed by atoms with E-state index in [1.54, 1.807) is 29.2 Å². The van der Waals surface area contributed by atoms with E-state index in [-0.39, 0.29) is 23.3 Å². The highest BCUT2D eigenvalue weighted by molar-refractivity contribution is 6.03. The molecule has 2 amide bonds. The molecule has 1 N–H and O–H groups in total. The van der Waals surface area contributed by atoms with Crippen LogP contribution >= 0.6 is 0 Å². The number of aromatic nitrogens is 1. The van der Waals surface area contributed by atoms with Crippen molar-refractivity contribution in [2.45, 2.75) is 13.0 Å². The fourth-order valence-electron chi connectivity index (χ4n) is 4.53. The lowest BCUT2D eigenvalue weighted by Crippen LogP contribution is -2.48. The molecule has 1 saturated heterocycles. The zero-order chi connectivity index (χ0) is 26.3. The summed E-state index contributed by atoms with van der Waals surface area (Å²) in [4.78, 5) is 33.9. The van der Waals surface area contributed by atoms with Crippen LogP contribution in [0.4, 0.5) is 10.1 Å². The molecule has 1 fully saturated rings. The topological polar surface area (TPSA) is 65.5 Å². The Kier molecular flexibility index (Phi) is 7.85. The molecule has 1 aliphatic rings. The lowest BCUT2D eigenvalue weighted by Gasteiger charge is -2.34. The smallest absolute Gasteiger partial charge is 0.274 e. The number of pyridine rings is 1. The summed E-state index contributed by atoms with van der Waals surface area (Å²) < 4.78 is 13.1. The number of benzene rings is 3. The van der Waals surface area contributed by atoms with E-state index in [0.717, 1.165) is 37.2 Å². The Bertz CT molecular complexity index is 1370. The standard InChI is InChI=1S/C31H29FN4O2/c32-27-11-6-25(7-12-27)22-35-16-18-36(19-17-35)31(38)26-10-15-29(33-21-26)30(37)34-28-13-8-24(9-14-28)20-23-4-2-1-3-5-23/h1-15,21H,16-20,22H2,(H,34,37). The average molecular weight is 509 g/mol. The van der Waals surface area contributed by atoms with Gasteiger partial charge in [0.2, 0.25) is 0 Å². The Morgan fingerprint density at radius 1 is 0.763 bits per heavy atom.